The highest BCUT2D eigenvalue weighted by Crippen LogP contribution is 2.49. The van der Waals surface area contributed by atoms with Crippen LogP contribution in [0.1, 0.15) is 22.3 Å². The summed E-state index contributed by atoms with van der Waals surface area (Å²) < 4.78 is 2.17. The number of hydrogen-bond acceptors (Lipinski definition) is 3. The molecule has 0 N–H and O–H groups in total. The lowest BCUT2D eigenvalue weighted by atomic mass is 9.95. The summed E-state index contributed by atoms with van der Waals surface area (Å²) in [7, 11) is 0. The van der Waals surface area contributed by atoms with Crippen LogP contribution in [0.4, 0.5) is 0 Å². The molecule has 2 aliphatic carbocycles. The van der Waals surface area contributed by atoms with E-state index in [9.17, 15) is 0 Å². The van der Waals surface area contributed by atoms with E-state index in [4.69, 9.17) is 9.97 Å². The van der Waals surface area contributed by atoms with Crippen LogP contribution in [0.15, 0.2) is 85.2 Å². The molecule has 0 fully saturated rings. The molecule has 35 heavy (non-hydrogen) atoms. The lowest BCUT2D eigenvalue weighted by molar-refractivity contribution is 1.23. The zero-order chi connectivity index (χ0) is 22.7. The Kier molecular flexibility index (Phi) is 3.11. The van der Waals surface area contributed by atoms with Crippen molar-refractivity contribution in [1.82, 2.24) is 19.4 Å². The Bertz CT molecular complexity index is 2070. The first-order chi connectivity index (χ1) is 17.3. The van der Waals surface area contributed by atoms with Crippen molar-refractivity contribution in [3.63, 3.8) is 0 Å². The summed E-state index contributed by atoms with van der Waals surface area (Å²) in [5.74, 6) is 0. The number of fused-ring (bicyclic) bond motifs is 15. The maximum Gasteiger partial charge on any atom is 0.165 e. The minimum absolute atomic E-state index is 0.876. The molecule has 7 aromatic rings. The molecule has 0 radical (unpaired) electrons. The molecule has 0 unspecified atom stereocenters. The minimum atomic E-state index is 0.876. The average molecular weight is 447 g/mol. The van der Waals surface area contributed by atoms with Crippen LogP contribution >= 0.6 is 0 Å². The van der Waals surface area contributed by atoms with Crippen LogP contribution in [-0.2, 0) is 12.8 Å². The third-order valence-corrected chi connectivity index (χ3v) is 7.91. The molecule has 0 bridgehead atoms. The van der Waals surface area contributed by atoms with Crippen LogP contribution in [0, 0.1) is 0 Å². The van der Waals surface area contributed by atoms with Gasteiger partial charge in [0.05, 0.1) is 11.0 Å². The van der Waals surface area contributed by atoms with Crippen LogP contribution in [0.5, 0.6) is 0 Å². The van der Waals surface area contributed by atoms with Crippen LogP contribution in [-0.4, -0.2) is 19.4 Å². The Labute approximate surface area is 200 Å². The lowest BCUT2D eigenvalue weighted by Gasteiger charge is -2.10. The smallest absolute Gasteiger partial charge is 0.165 e. The van der Waals surface area contributed by atoms with Gasteiger partial charge < -0.3 is 0 Å². The molecule has 4 heterocycles. The van der Waals surface area contributed by atoms with E-state index in [1.54, 1.807) is 0 Å². The molecule has 0 spiro atoms. The Morgan fingerprint density at radius 2 is 1.54 bits per heavy atom. The second-order valence-corrected chi connectivity index (χ2v) is 9.68. The summed E-state index contributed by atoms with van der Waals surface area (Å²) in [5.41, 5.74) is 16.0. The highest BCUT2D eigenvalue weighted by atomic mass is 15.1. The van der Waals surface area contributed by atoms with Gasteiger partial charge in [-0.05, 0) is 93.7 Å². The molecule has 0 atom stereocenters. The monoisotopic (exact) mass is 446 g/mol. The van der Waals surface area contributed by atoms with E-state index >= 15 is 0 Å². The number of imidazole rings is 1. The van der Waals surface area contributed by atoms with E-state index in [2.05, 4.69) is 64.0 Å². The predicted molar refractivity (Wildman–Crippen MR) is 140 cm³/mol. The fourth-order valence-corrected chi connectivity index (χ4v) is 6.46. The molecule has 3 aromatic carbocycles. The Morgan fingerprint density at radius 1 is 0.629 bits per heavy atom. The van der Waals surface area contributed by atoms with Crippen molar-refractivity contribution in [3.05, 3.63) is 107 Å². The van der Waals surface area contributed by atoms with E-state index in [1.165, 1.54) is 44.5 Å². The third kappa shape index (κ3) is 2.15. The summed E-state index contributed by atoms with van der Waals surface area (Å²) in [6.07, 6.45) is 5.69. The second kappa shape index (κ2) is 6.10. The van der Waals surface area contributed by atoms with Crippen LogP contribution in [0.2, 0.25) is 0 Å². The van der Waals surface area contributed by atoms with Gasteiger partial charge in [-0.3, -0.25) is 9.38 Å². The molecular weight excluding hydrogens is 428 g/mol. The standard InChI is InChI=1S/C31H18N4/c1-2-6-20-17(5-1)13-18-9-10-21-22-16-24-25(15-19(22)14-23(21)28(18)20)30-34-26-7-3-12-33-31(26)35(30)27-8-4-11-32-29(24)27/h1-12,15-16H,13-14H2. The van der Waals surface area contributed by atoms with Crippen molar-refractivity contribution in [2.24, 2.45) is 0 Å². The van der Waals surface area contributed by atoms with Gasteiger partial charge in [0.1, 0.15) is 11.2 Å². The molecule has 162 valence electrons. The molecule has 0 saturated heterocycles. The minimum Gasteiger partial charge on any atom is -0.274 e. The van der Waals surface area contributed by atoms with Crippen LogP contribution in [0.25, 0.3) is 60.9 Å². The number of nitrogens with zero attached hydrogens (tertiary/aromatic N) is 4. The molecule has 4 heteroatoms. The Hall–Kier alpha value is -4.57. The van der Waals surface area contributed by atoms with Gasteiger partial charge in [-0.2, -0.15) is 0 Å². The molecule has 4 aromatic heterocycles. The van der Waals surface area contributed by atoms with E-state index in [-0.39, 0.29) is 0 Å². The predicted octanol–water partition coefficient (Wildman–Crippen LogP) is 6.73. The summed E-state index contributed by atoms with van der Waals surface area (Å²) >= 11 is 0. The Balaban J connectivity index is 1.40. The SMILES string of the molecule is c1ccc2c(c1)Cc1ccc3c(c1-2)Cc1cc2c(cc1-3)c1ncccc1n1c3ncccc3nc21. The van der Waals surface area contributed by atoms with Crippen molar-refractivity contribution in [3.8, 4) is 22.3 Å². The van der Waals surface area contributed by atoms with Crippen molar-refractivity contribution in [2.75, 3.05) is 0 Å². The summed E-state index contributed by atoms with van der Waals surface area (Å²) in [4.78, 5) is 14.5. The van der Waals surface area contributed by atoms with E-state index in [0.717, 1.165) is 51.5 Å². The van der Waals surface area contributed by atoms with Gasteiger partial charge in [-0.25, -0.2) is 9.97 Å². The van der Waals surface area contributed by atoms with Crippen molar-refractivity contribution >= 4 is 38.6 Å². The largest absolute Gasteiger partial charge is 0.274 e. The van der Waals surface area contributed by atoms with Gasteiger partial charge in [0.15, 0.2) is 5.65 Å². The topological polar surface area (TPSA) is 43.1 Å². The summed E-state index contributed by atoms with van der Waals surface area (Å²) in [5, 5.41) is 2.29. The fraction of sp³-hybridized carbons (Fsp3) is 0.0645. The molecule has 9 rings (SSSR count). The molecular formula is C31H18N4. The summed E-state index contributed by atoms with van der Waals surface area (Å²) in [6.45, 7) is 0. The third-order valence-electron chi connectivity index (χ3n) is 7.91. The lowest BCUT2D eigenvalue weighted by Crippen LogP contribution is -1.95. The summed E-state index contributed by atoms with van der Waals surface area (Å²) in [6, 6.07) is 26.3. The Morgan fingerprint density at radius 3 is 2.54 bits per heavy atom. The zero-order valence-corrected chi connectivity index (χ0v) is 18.8. The number of aromatic nitrogens is 4. The molecule has 0 amide bonds. The molecule has 4 nitrogen and oxygen atoms in total. The maximum atomic E-state index is 5.03. The van der Waals surface area contributed by atoms with E-state index < -0.39 is 0 Å². The highest BCUT2D eigenvalue weighted by Gasteiger charge is 2.29. The fourth-order valence-electron chi connectivity index (χ4n) is 6.46. The quantitative estimate of drug-likeness (QED) is 0.243. The zero-order valence-electron chi connectivity index (χ0n) is 18.8. The number of pyridine rings is 3. The van der Waals surface area contributed by atoms with Crippen LogP contribution in [0.3, 0.4) is 0 Å². The van der Waals surface area contributed by atoms with Crippen LogP contribution < -0.4 is 0 Å². The van der Waals surface area contributed by atoms with E-state index in [0.29, 0.717) is 0 Å². The first kappa shape index (κ1) is 17.8. The second-order valence-electron chi connectivity index (χ2n) is 9.68. The van der Waals surface area contributed by atoms with Crippen molar-refractivity contribution < 1.29 is 0 Å². The number of benzene rings is 3. The van der Waals surface area contributed by atoms with Gasteiger partial charge >= 0.3 is 0 Å². The van der Waals surface area contributed by atoms with E-state index in [1.807, 2.05) is 30.6 Å². The van der Waals surface area contributed by atoms with Crippen molar-refractivity contribution in [2.45, 2.75) is 12.8 Å². The normalized spacial score (nSPS) is 13.5. The number of rotatable bonds is 0. The number of hydrogen-bond donors (Lipinski definition) is 0. The first-order valence-corrected chi connectivity index (χ1v) is 12.0. The molecule has 0 aliphatic heterocycles. The highest BCUT2D eigenvalue weighted by molar-refractivity contribution is 6.14. The van der Waals surface area contributed by atoms with Gasteiger partial charge in [-0.15, -0.1) is 0 Å². The van der Waals surface area contributed by atoms with Crippen molar-refractivity contribution in [1.29, 1.82) is 0 Å². The average Bonchev–Trinajstić information content (AvgIpc) is 3.58. The van der Waals surface area contributed by atoms with Gasteiger partial charge in [0.25, 0.3) is 0 Å². The van der Waals surface area contributed by atoms with Gasteiger partial charge in [-0.1, -0.05) is 36.4 Å². The first-order valence-electron chi connectivity index (χ1n) is 12.0. The molecule has 0 saturated carbocycles. The molecule has 2 aliphatic rings. The maximum absolute atomic E-state index is 5.03. The van der Waals surface area contributed by atoms with Gasteiger partial charge in [0, 0.05) is 23.2 Å². The van der Waals surface area contributed by atoms with Gasteiger partial charge in [0.2, 0.25) is 0 Å².